The van der Waals surface area contributed by atoms with Crippen molar-refractivity contribution in [3.8, 4) is 0 Å². The number of nitrogens with one attached hydrogen (secondary N) is 2. The van der Waals surface area contributed by atoms with Crippen LogP contribution in [0.5, 0.6) is 0 Å². The Balaban J connectivity index is 1.32. The van der Waals surface area contributed by atoms with Gasteiger partial charge < -0.3 is 21.3 Å². The molecule has 17 heteroatoms. The van der Waals surface area contributed by atoms with Gasteiger partial charge in [-0.2, -0.15) is 44.5 Å². The number of rotatable bonds is 5. The van der Waals surface area contributed by atoms with Gasteiger partial charge in [0, 0.05) is 50.2 Å². The van der Waals surface area contributed by atoms with Crippen molar-refractivity contribution in [3.05, 3.63) is 70.9 Å². The molecule has 0 unspecified atom stereocenters. The summed E-state index contributed by atoms with van der Waals surface area (Å²) in [4.78, 5) is 23.1. The van der Waals surface area contributed by atoms with Crippen LogP contribution in [-0.2, 0) is 25.1 Å². The quantitative estimate of drug-likeness (QED) is 0.304. The molecule has 0 aliphatic carbocycles. The predicted octanol–water partition coefficient (Wildman–Crippen LogP) is 6.08. The predicted molar refractivity (Wildman–Crippen MR) is 134 cm³/mol. The second-order valence-electron chi connectivity index (χ2n) is 9.30. The Labute approximate surface area is 232 Å². The molecule has 2 amide bonds. The molecule has 3 aromatic rings. The van der Waals surface area contributed by atoms with Gasteiger partial charge in [-0.15, -0.1) is 0 Å². The third kappa shape index (κ3) is 7.92. The third-order valence-corrected chi connectivity index (χ3v) is 6.18. The summed E-state index contributed by atoms with van der Waals surface area (Å²) in [6, 6.07) is 6.86. The third-order valence-electron chi connectivity index (χ3n) is 6.18. The molecule has 0 radical (unpaired) electrons. The first-order chi connectivity index (χ1) is 19.5. The molecule has 0 spiro atoms. The maximum absolute atomic E-state index is 13.0. The fraction of sp³-hybridized carbons (Fsp3) is 0.320. The van der Waals surface area contributed by atoms with Crippen molar-refractivity contribution in [1.82, 2.24) is 14.9 Å². The molecule has 2 heterocycles. The number of nitrogens with two attached hydrogens (primary N) is 1. The minimum absolute atomic E-state index is 0.0444. The summed E-state index contributed by atoms with van der Waals surface area (Å²) in [5, 5.41) is 4.33. The molecule has 0 saturated carbocycles. The Morgan fingerprint density at radius 1 is 0.738 bits per heavy atom. The minimum Gasteiger partial charge on any atom is -0.368 e. The van der Waals surface area contributed by atoms with E-state index in [1.165, 1.54) is 12.1 Å². The number of hydrogen-bond acceptors (Lipinski definition) is 6. The lowest BCUT2D eigenvalue weighted by molar-refractivity contribution is -0.143. The molecule has 1 aliphatic heterocycles. The molecule has 1 saturated heterocycles. The molecule has 226 valence electrons. The van der Waals surface area contributed by atoms with Gasteiger partial charge in [-0.3, -0.25) is 4.90 Å². The summed E-state index contributed by atoms with van der Waals surface area (Å²) in [6.07, 6.45) is -14.8. The summed E-state index contributed by atoms with van der Waals surface area (Å²) >= 11 is 0. The Morgan fingerprint density at radius 2 is 1.29 bits per heavy atom. The maximum atomic E-state index is 13.0. The molecule has 2 aromatic carbocycles. The number of amides is 2. The number of halogens is 9. The minimum atomic E-state index is -5.06. The first kappa shape index (κ1) is 30.7. The fourth-order valence-electron chi connectivity index (χ4n) is 4.17. The Bertz CT molecular complexity index is 1380. The SMILES string of the molecule is Nc1nc(N2CCN(Cc3ccc(NC(=O)Nc4cc(C(F)(F)F)cc(C(F)(F)F)c4)cc3)CC2)cc(C(F)(F)F)n1. The van der Waals surface area contributed by atoms with Crippen LogP contribution in [0.4, 0.5) is 67.4 Å². The maximum Gasteiger partial charge on any atom is 0.433 e. The van der Waals surface area contributed by atoms with E-state index in [1.54, 1.807) is 17.0 Å². The second-order valence-corrected chi connectivity index (χ2v) is 9.30. The average molecular weight is 607 g/mol. The number of piperazine rings is 1. The molecular formula is C25H22F9N7O. The Kier molecular flexibility index (Phi) is 8.43. The Hall–Kier alpha value is -4.28. The van der Waals surface area contributed by atoms with Crippen LogP contribution < -0.4 is 21.3 Å². The summed E-state index contributed by atoms with van der Waals surface area (Å²) in [6.45, 7) is 2.19. The van der Waals surface area contributed by atoms with Crippen LogP contribution in [-0.4, -0.2) is 47.1 Å². The first-order valence-electron chi connectivity index (χ1n) is 12.1. The number of carbonyl (C=O) groups excluding carboxylic acids is 1. The molecule has 1 aliphatic rings. The fourth-order valence-corrected chi connectivity index (χ4v) is 4.17. The number of anilines is 4. The highest BCUT2D eigenvalue weighted by atomic mass is 19.4. The van der Waals surface area contributed by atoms with Gasteiger partial charge in [0.25, 0.3) is 0 Å². The van der Waals surface area contributed by atoms with Crippen LogP contribution in [0.3, 0.4) is 0 Å². The highest BCUT2D eigenvalue weighted by Gasteiger charge is 2.37. The summed E-state index contributed by atoms with van der Waals surface area (Å²) in [5.41, 5.74) is 1.54. The molecular weight excluding hydrogens is 585 g/mol. The van der Waals surface area contributed by atoms with E-state index in [0.717, 1.165) is 11.6 Å². The van der Waals surface area contributed by atoms with Gasteiger partial charge in [0.15, 0.2) is 5.69 Å². The van der Waals surface area contributed by atoms with Crippen molar-refractivity contribution < 1.29 is 44.3 Å². The number of nitrogen functional groups attached to an aromatic ring is 1. The molecule has 8 nitrogen and oxygen atoms in total. The van der Waals surface area contributed by atoms with Gasteiger partial charge in [-0.05, 0) is 35.9 Å². The molecule has 0 atom stereocenters. The van der Waals surface area contributed by atoms with Crippen molar-refractivity contribution in [2.24, 2.45) is 0 Å². The van der Waals surface area contributed by atoms with Gasteiger partial charge in [0.2, 0.25) is 5.95 Å². The number of hydrogen-bond donors (Lipinski definition) is 3. The highest BCUT2D eigenvalue weighted by Crippen LogP contribution is 2.37. The molecule has 1 fully saturated rings. The molecule has 0 bridgehead atoms. The largest absolute Gasteiger partial charge is 0.433 e. The smallest absolute Gasteiger partial charge is 0.368 e. The van der Waals surface area contributed by atoms with E-state index in [1.807, 2.05) is 10.2 Å². The summed E-state index contributed by atoms with van der Waals surface area (Å²) < 4.78 is 117. The number of alkyl halides is 9. The van der Waals surface area contributed by atoms with E-state index in [-0.39, 0.29) is 17.6 Å². The zero-order valence-corrected chi connectivity index (χ0v) is 21.3. The van der Waals surface area contributed by atoms with Gasteiger partial charge in [0.1, 0.15) is 5.82 Å². The van der Waals surface area contributed by atoms with Crippen molar-refractivity contribution in [2.45, 2.75) is 25.1 Å². The van der Waals surface area contributed by atoms with Crippen molar-refractivity contribution >= 4 is 29.2 Å². The number of benzene rings is 2. The molecule has 1 aromatic heterocycles. The zero-order valence-electron chi connectivity index (χ0n) is 21.3. The van der Waals surface area contributed by atoms with Gasteiger partial charge >= 0.3 is 24.6 Å². The first-order valence-corrected chi connectivity index (χ1v) is 12.1. The lowest BCUT2D eigenvalue weighted by Crippen LogP contribution is -2.46. The number of carbonyl (C=O) groups is 1. The lowest BCUT2D eigenvalue weighted by atomic mass is 10.1. The number of urea groups is 1. The molecule has 4 rings (SSSR count). The van der Waals surface area contributed by atoms with Crippen LogP contribution >= 0.6 is 0 Å². The summed E-state index contributed by atoms with van der Waals surface area (Å²) in [7, 11) is 0. The summed E-state index contributed by atoms with van der Waals surface area (Å²) in [5.74, 6) is -0.409. The topological polar surface area (TPSA) is 99.4 Å². The molecule has 42 heavy (non-hydrogen) atoms. The normalized spacial score (nSPS) is 15.0. The van der Waals surface area contributed by atoms with E-state index < -0.39 is 53.0 Å². The van der Waals surface area contributed by atoms with E-state index in [4.69, 9.17) is 5.73 Å². The highest BCUT2D eigenvalue weighted by molar-refractivity contribution is 5.99. The van der Waals surface area contributed by atoms with E-state index in [9.17, 15) is 44.3 Å². The van der Waals surface area contributed by atoms with Crippen molar-refractivity contribution in [2.75, 3.05) is 47.4 Å². The standard InChI is InChI=1S/C25H22F9N7O/c26-23(27,28)15-9-16(24(29,30)31)11-18(10-15)37-22(42)36-17-3-1-14(2-4-17)13-40-5-7-41(8-6-40)20-12-19(25(32,33)34)38-21(35)39-20/h1-4,9-12H,5-8,13H2,(H2,35,38,39)(H2,36,37,42). The second kappa shape index (κ2) is 11.5. The van der Waals surface area contributed by atoms with Crippen LogP contribution in [0.1, 0.15) is 22.4 Å². The van der Waals surface area contributed by atoms with Crippen LogP contribution in [0, 0.1) is 0 Å². The Morgan fingerprint density at radius 3 is 1.81 bits per heavy atom. The van der Waals surface area contributed by atoms with Crippen LogP contribution in [0.15, 0.2) is 48.5 Å². The van der Waals surface area contributed by atoms with Crippen LogP contribution in [0.2, 0.25) is 0 Å². The number of nitrogens with zero attached hydrogens (tertiary/aromatic N) is 4. The number of aromatic nitrogens is 2. The van der Waals surface area contributed by atoms with Gasteiger partial charge in [0.05, 0.1) is 11.1 Å². The van der Waals surface area contributed by atoms with Crippen LogP contribution in [0.25, 0.3) is 0 Å². The zero-order chi connectivity index (χ0) is 30.9. The monoisotopic (exact) mass is 607 g/mol. The van der Waals surface area contributed by atoms with Crippen molar-refractivity contribution in [3.63, 3.8) is 0 Å². The van der Waals surface area contributed by atoms with Gasteiger partial charge in [-0.25, -0.2) is 9.78 Å². The lowest BCUT2D eigenvalue weighted by Gasteiger charge is -2.35. The molecule has 4 N–H and O–H groups in total. The van der Waals surface area contributed by atoms with E-state index in [0.29, 0.717) is 44.9 Å². The van der Waals surface area contributed by atoms with Gasteiger partial charge in [-0.1, -0.05) is 12.1 Å². The van der Waals surface area contributed by atoms with E-state index >= 15 is 0 Å². The van der Waals surface area contributed by atoms with Crippen molar-refractivity contribution in [1.29, 1.82) is 0 Å². The average Bonchev–Trinajstić information content (AvgIpc) is 2.88. The van der Waals surface area contributed by atoms with E-state index in [2.05, 4.69) is 15.3 Å².